The van der Waals surface area contributed by atoms with E-state index in [2.05, 4.69) is 183 Å². The van der Waals surface area contributed by atoms with Crippen molar-refractivity contribution in [1.82, 2.24) is 0 Å². The van der Waals surface area contributed by atoms with Crippen molar-refractivity contribution in [1.29, 1.82) is 0 Å². The third-order valence-electron chi connectivity index (χ3n) is 11.7. The minimum Gasteiger partial charge on any atom is -0.456 e. The second-order valence-electron chi connectivity index (χ2n) is 15.3. The first-order valence-corrected chi connectivity index (χ1v) is 18.3. The number of para-hydroxylation sites is 1. The van der Waals surface area contributed by atoms with Gasteiger partial charge in [-0.05, 0) is 111 Å². The quantitative estimate of drug-likeness (QED) is 0.181. The summed E-state index contributed by atoms with van der Waals surface area (Å²) >= 11 is 0. The zero-order chi connectivity index (χ0) is 35.0. The van der Waals surface area contributed by atoms with E-state index in [1.165, 1.54) is 49.7 Å². The molecule has 0 aliphatic heterocycles. The van der Waals surface area contributed by atoms with E-state index >= 15 is 0 Å². The highest BCUT2D eigenvalue weighted by atomic mass is 16.3. The molecule has 10 rings (SSSR count). The van der Waals surface area contributed by atoms with Gasteiger partial charge in [0.15, 0.2) is 0 Å². The first kappa shape index (κ1) is 30.7. The van der Waals surface area contributed by atoms with Crippen LogP contribution in [0.5, 0.6) is 0 Å². The van der Waals surface area contributed by atoms with Gasteiger partial charge in [0.1, 0.15) is 11.2 Å². The van der Waals surface area contributed by atoms with Gasteiger partial charge >= 0.3 is 0 Å². The van der Waals surface area contributed by atoms with Crippen molar-refractivity contribution in [3.63, 3.8) is 0 Å². The van der Waals surface area contributed by atoms with Gasteiger partial charge in [0.05, 0.1) is 0 Å². The fraction of sp³-hybridized carbons (Fsp3) is 0.120. The Kier molecular flexibility index (Phi) is 6.76. The van der Waals surface area contributed by atoms with Crippen LogP contribution in [0, 0.1) is 0 Å². The van der Waals surface area contributed by atoms with Crippen LogP contribution in [0.15, 0.2) is 174 Å². The Morgan fingerprint density at radius 3 is 2.12 bits per heavy atom. The molecule has 2 aliphatic carbocycles. The van der Waals surface area contributed by atoms with Crippen molar-refractivity contribution >= 4 is 55.3 Å². The molecule has 1 atom stereocenters. The van der Waals surface area contributed by atoms with E-state index in [1.54, 1.807) is 0 Å². The van der Waals surface area contributed by atoms with Crippen LogP contribution in [-0.4, -0.2) is 0 Å². The molecule has 2 aliphatic rings. The zero-order valence-corrected chi connectivity index (χ0v) is 29.7. The maximum atomic E-state index is 6.25. The maximum Gasteiger partial charge on any atom is 0.135 e. The molecule has 7 aromatic carbocycles. The maximum absolute atomic E-state index is 6.25. The number of nitrogens with zero attached hydrogens (tertiary/aromatic N) is 1. The molecular formula is C50H39NO. The van der Waals surface area contributed by atoms with E-state index in [0.29, 0.717) is 0 Å². The number of benzene rings is 7. The summed E-state index contributed by atoms with van der Waals surface area (Å²) in [4.78, 5) is 2.41. The lowest BCUT2D eigenvalue weighted by atomic mass is 9.73. The lowest BCUT2D eigenvalue weighted by Gasteiger charge is -2.32. The van der Waals surface area contributed by atoms with E-state index in [0.717, 1.165) is 45.4 Å². The molecular weight excluding hydrogens is 631 g/mol. The lowest BCUT2D eigenvalue weighted by Crippen LogP contribution is -2.21. The number of hydrogen-bond donors (Lipinski definition) is 0. The van der Waals surface area contributed by atoms with Gasteiger partial charge in [-0.25, -0.2) is 0 Å². The van der Waals surface area contributed by atoms with Crippen molar-refractivity contribution in [2.75, 3.05) is 4.90 Å². The van der Waals surface area contributed by atoms with Gasteiger partial charge in [-0.3, -0.25) is 0 Å². The van der Waals surface area contributed by atoms with Crippen molar-refractivity contribution < 1.29 is 4.42 Å². The minimum absolute atomic E-state index is 0.0969. The summed E-state index contributed by atoms with van der Waals surface area (Å²) in [7, 11) is 0. The van der Waals surface area contributed by atoms with Crippen LogP contribution >= 0.6 is 0 Å². The van der Waals surface area contributed by atoms with Gasteiger partial charge in [0.2, 0.25) is 0 Å². The molecule has 0 bridgehead atoms. The first-order valence-electron chi connectivity index (χ1n) is 18.3. The topological polar surface area (TPSA) is 16.4 Å². The molecule has 250 valence electrons. The highest BCUT2D eigenvalue weighted by molar-refractivity contribution is 6.06. The average molecular weight is 670 g/mol. The Morgan fingerprint density at radius 1 is 0.538 bits per heavy atom. The number of furan rings is 1. The third kappa shape index (κ3) is 4.78. The van der Waals surface area contributed by atoms with Crippen molar-refractivity contribution in [2.45, 2.75) is 38.0 Å². The fourth-order valence-electron chi connectivity index (χ4n) is 8.80. The molecule has 2 heteroatoms. The number of anilines is 3. The molecule has 0 fully saturated rings. The lowest BCUT2D eigenvalue weighted by molar-refractivity contribution is 0.609. The number of rotatable bonds is 5. The summed E-state index contributed by atoms with van der Waals surface area (Å²) < 4.78 is 6.25. The highest BCUT2D eigenvalue weighted by Crippen LogP contribution is 2.51. The average Bonchev–Trinajstić information content (AvgIpc) is 3.66. The Labute approximate surface area is 305 Å². The molecule has 8 aromatic rings. The van der Waals surface area contributed by atoms with Crippen LogP contribution < -0.4 is 4.90 Å². The van der Waals surface area contributed by atoms with Crippen molar-refractivity contribution in [3.8, 4) is 11.1 Å². The third-order valence-corrected chi connectivity index (χ3v) is 11.7. The Bertz CT molecular complexity index is 2760. The van der Waals surface area contributed by atoms with E-state index < -0.39 is 0 Å². The van der Waals surface area contributed by atoms with E-state index in [4.69, 9.17) is 4.42 Å². The smallest absolute Gasteiger partial charge is 0.135 e. The van der Waals surface area contributed by atoms with Crippen molar-refractivity contribution in [3.05, 3.63) is 192 Å². The Balaban J connectivity index is 1.06. The molecule has 52 heavy (non-hydrogen) atoms. The monoisotopic (exact) mass is 669 g/mol. The van der Waals surface area contributed by atoms with Crippen LogP contribution in [-0.2, 0) is 10.8 Å². The number of hydrogen-bond acceptors (Lipinski definition) is 2. The molecule has 2 nitrogen and oxygen atoms in total. The Morgan fingerprint density at radius 2 is 1.23 bits per heavy atom. The second kappa shape index (κ2) is 11.4. The predicted molar refractivity (Wildman–Crippen MR) is 219 cm³/mol. The molecule has 1 heterocycles. The zero-order valence-electron chi connectivity index (χ0n) is 29.7. The summed E-state index contributed by atoms with van der Waals surface area (Å²) in [6.45, 7) is 7.06. The van der Waals surface area contributed by atoms with Crippen molar-refractivity contribution in [2.24, 2.45) is 0 Å². The van der Waals surface area contributed by atoms with Gasteiger partial charge < -0.3 is 9.32 Å². The van der Waals surface area contributed by atoms with Gasteiger partial charge in [-0.2, -0.15) is 0 Å². The molecule has 0 saturated heterocycles. The number of allylic oxidation sites excluding steroid dienone is 4. The summed E-state index contributed by atoms with van der Waals surface area (Å²) in [5.41, 5.74) is 14.3. The van der Waals surface area contributed by atoms with Crippen LogP contribution in [0.1, 0.15) is 49.4 Å². The summed E-state index contributed by atoms with van der Waals surface area (Å²) in [6.07, 6.45) is 7.83. The predicted octanol–water partition coefficient (Wildman–Crippen LogP) is 13.8. The first-order chi connectivity index (χ1) is 25.4. The molecule has 0 saturated carbocycles. The summed E-state index contributed by atoms with van der Waals surface area (Å²) in [5.74, 6) is 0. The van der Waals surface area contributed by atoms with E-state index in [1.807, 2.05) is 12.1 Å². The van der Waals surface area contributed by atoms with Crippen LogP contribution in [0.3, 0.4) is 0 Å². The van der Waals surface area contributed by atoms with Gasteiger partial charge in [0.25, 0.3) is 0 Å². The largest absolute Gasteiger partial charge is 0.456 e. The highest BCUT2D eigenvalue weighted by Gasteiger charge is 2.36. The summed E-state index contributed by atoms with van der Waals surface area (Å²) in [5, 5.41) is 4.81. The normalized spacial score (nSPS) is 17.3. The van der Waals surface area contributed by atoms with Gasteiger partial charge in [-0.15, -0.1) is 0 Å². The standard InChI is InChI=1S/C50H39NO/c1-49(2)45-16-8-6-14-41(45)42-26-24-40(31-46(42)49)51(39-25-27-48-44(30-39)43-15-7-9-17-47(43)52-48)38-22-20-37(21-23-38)50(3)28-10-13-36(32-50)35-19-18-33-11-4-5-12-34(33)29-35/h4-31H,32H2,1-3H3. The number of fused-ring (bicyclic) bond motifs is 7. The molecule has 0 spiro atoms. The molecule has 0 N–H and O–H groups in total. The van der Waals surface area contributed by atoms with Crippen LogP contribution in [0.4, 0.5) is 17.1 Å². The fourth-order valence-corrected chi connectivity index (χ4v) is 8.80. The van der Waals surface area contributed by atoms with E-state index in [9.17, 15) is 0 Å². The minimum atomic E-state index is -0.128. The van der Waals surface area contributed by atoms with Crippen LogP contribution in [0.2, 0.25) is 0 Å². The second-order valence-corrected chi connectivity index (χ2v) is 15.3. The van der Waals surface area contributed by atoms with E-state index in [-0.39, 0.29) is 10.8 Å². The molecule has 1 unspecified atom stereocenters. The molecule has 0 amide bonds. The molecule has 1 aromatic heterocycles. The Hall–Kier alpha value is -6.12. The summed E-state index contributed by atoms with van der Waals surface area (Å²) in [6, 6.07) is 55.5. The van der Waals surface area contributed by atoms with Gasteiger partial charge in [-0.1, -0.05) is 136 Å². The van der Waals surface area contributed by atoms with Crippen LogP contribution in [0.25, 0.3) is 49.4 Å². The SMILES string of the molecule is CC1(c2ccc(N(c3ccc4c(c3)C(C)(C)c3ccccc3-4)c3ccc4oc5ccccc5c4c3)cc2)C=CC=C(c2ccc3ccccc3c2)C1. The van der Waals surface area contributed by atoms with Gasteiger partial charge in [0, 0.05) is 38.7 Å². The molecule has 0 radical (unpaired) electrons.